The second-order valence-electron chi connectivity index (χ2n) is 4.68. The molecule has 0 aliphatic heterocycles. The van der Waals surface area contributed by atoms with Crippen molar-refractivity contribution in [2.24, 2.45) is 5.92 Å². The summed E-state index contributed by atoms with van der Waals surface area (Å²) >= 11 is 0. The highest BCUT2D eigenvalue weighted by atomic mass is 32.2. The molecule has 1 rings (SSSR count). The van der Waals surface area contributed by atoms with Crippen molar-refractivity contribution in [3.63, 3.8) is 0 Å². The summed E-state index contributed by atoms with van der Waals surface area (Å²) in [5.74, 6) is -0.276. The minimum atomic E-state index is -3.51. The zero-order valence-electron chi connectivity index (χ0n) is 11.0. The van der Waals surface area contributed by atoms with Crippen LogP contribution in [0.3, 0.4) is 0 Å². The van der Waals surface area contributed by atoms with E-state index in [1.807, 2.05) is 13.8 Å². The summed E-state index contributed by atoms with van der Waals surface area (Å²) in [4.78, 5) is 0. The van der Waals surface area contributed by atoms with Crippen LogP contribution in [0.5, 0.6) is 0 Å². The van der Waals surface area contributed by atoms with Gasteiger partial charge in [0.15, 0.2) is 0 Å². The van der Waals surface area contributed by atoms with E-state index < -0.39 is 10.2 Å². The summed E-state index contributed by atoms with van der Waals surface area (Å²) in [6, 6.07) is 5.47. The molecular weight excluding hydrogens is 255 g/mol. The van der Waals surface area contributed by atoms with E-state index >= 15 is 0 Å². The van der Waals surface area contributed by atoms with Crippen LogP contribution in [-0.4, -0.2) is 26.8 Å². The number of nitrogens with one attached hydrogen (secondary N) is 1. The molecule has 4 nitrogen and oxygen atoms in total. The van der Waals surface area contributed by atoms with Gasteiger partial charge in [0.05, 0.1) is 6.04 Å². The Morgan fingerprint density at radius 2 is 1.67 bits per heavy atom. The van der Waals surface area contributed by atoms with Crippen molar-refractivity contribution in [1.29, 1.82) is 0 Å². The zero-order valence-corrected chi connectivity index (χ0v) is 11.8. The fraction of sp³-hybridized carbons (Fsp3) is 0.500. The van der Waals surface area contributed by atoms with E-state index in [-0.39, 0.29) is 17.8 Å². The predicted octanol–water partition coefficient (Wildman–Crippen LogP) is 1.92. The molecule has 0 radical (unpaired) electrons. The molecule has 0 bridgehead atoms. The third kappa shape index (κ3) is 3.76. The van der Waals surface area contributed by atoms with Crippen LogP contribution >= 0.6 is 0 Å². The molecular formula is C12H19FN2O2S. The summed E-state index contributed by atoms with van der Waals surface area (Å²) in [6.07, 6.45) is 0. The molecule has 1 aromatic rings. The average molecular weight is 274 g/mol. The largest absolute Gasteiger partial charge is 0.279 e. The Hall–Kier alpha value is -0.980. The lowest BCUT2D eigenvalue weighted by molar-refractivity contribution is 0.436. The van der Waals surface area contributed by atoms with Crippen molar-refractivity contribution in [2.75, 3.05) is 14.1 Å². The van der Waals surface area contributed by atoms with Crippen molar-refractivity contribution in [3.05, 3.63) is 35.6 Å². The van der Waals surface area contributed by atoms with Gasteiger partial charge < -0.3 is 0 Å². The number of hydrogen-bond acceptors (Lipinski definition) is 2. The van der Waals surface area contributed by atoms with E-state index in [0.29, 0.717) is 0 Å². The Kier molecular flexibility index (Phi) is 4.84. The van der Waals surface area contributed by atoms with Gasteiger partial charge in [0.25, 0.3) is 10.2 Å². The first-order valence-electron chi connectivity index (χ1n) is 5.69. The minimum absolute atomic E-state index is 0.0604. The van der Waals surface area contributed by atoms with Gasteiger partial charge in [-0.1, -0.05) is 26.0 Å². The quantitative estimate of drug-likeness (QED) is 0.891. The molecule has 6 heteroatoms. The van der Waals surface area contributed by atoms with E-state index in [1.54, 1.807) is 12.1 Å². The van der Waals surface area contributed by atoms with E-state index in [0.717, 1.165) is 9.87 Å². The fourth-order valence-electron chi connectivity index (χ4n) is 1.52. The summed E-state index contributed by atoms with van der Waals surface area (Å²) < 4.78 is 40.2. The maximum absolute atomic E-state index is 12.9. The molecule has 0 aliphatic carbocycles. The summed E-state index contributed by atoms with van der Waals surface area (Å²) in [5.41, 5.74) is 0.747. The number of halogens is 1. The van der Waals surface area contributed by atoms with E-state index in [2.05, 4.69) is 4.72 Å². The standard InChI is InChI=1S/C12H19FN2O2S/c1-9(2)12(14-18(16,17)15(3)4)10-5-7-11(13)8-6-10/h5-9,12,14H,1-4H3. The lowest BCUT2D eigenvalue weighted by Crippen LogP contribution is -2.39. The number of benzene rings is 1. The fourth-order valence-corrected chi connectivity index (χ4v) is 2.46. The second-order valence-corrected chi connectivity index (χ2v) is 6.59. The van der Waals surface area contributed by atoms with Crippen LogP contribution in [0, 0.1) is 11.7 Å². The molecule has 0 spiro atoms. The van der Waals surface area contributed by atoms with Gasteiger partial charge in [0.1, 0.15) is 5.82 Å². The summed E-state index contributed by atoms with van der Waals surface area (Å²) in [6.45, 7) is 3.82. The van der Waals surface area contributed by atoms with Gasteiger partial charge in [0.2, 0.25) is 0 Å². The highest BCUT2D eigenvalue weighted by molar-refractivity contribution is 7.87. The molecule has 1 N–H and O–H groups in total. The van der Waals surface area contributed by atoms with Gasteiger partial charge in [-0.25, -0.2) is 4.39 Å². The first-order valence-corrected chi connectivity index (χ1v) is 7.13. The molecule has 0 saturated carbocycles. The van der Waals surface area contributed by atoms with Crippen LogP contribution in [-0.2, 0) is 10.2 Å². The summed E-state index contributed by atoms with van der Waals surface area (Å²) in [5, 5.41) is 0. The first kappa shape index (κ1) is 15.1. The molecule has 18 heavy (non-hydrogen) atoms. The van der Waals surface area contributed by atoms with Crippen LogP contribution in [0.4, 0.5) is 4.39 Å². The number of nitrogens with zero attached hydrogens (tertiary/aromatic N) is 1. The Morgan fingerprint density at radius 1 is 1.17 bits per heavy atom. The van der Waals surface area contributed by atoms with Crippen molar-refractivity contribution >= 4 is 10.2 Å². The maximum atomic E-state index is 12.9. The van der Waals surface area contributed by atoms with Crippen LogP contribution in [0.2, 0.25) is 0 Å². The Labute approximate surface area is 108 Å². The summed E-state index contributed by atoms with van der Waals surface area (Å²) in [7, 11) is -0.586. The molecule has 1 unspecified atom stereocenters. The molecule has 0 aliphatic rings. The van der Waals surface area contributed by atoms with Crippen molar-refractivity contribution in [2.45, 2.75) is 19.9 Å². The maximum Gasteiger partial charge on any atom is 0.279 e. The van der Waals surface area contributed by atoms with Gasteiger partial charge in [-0.3, -0.25) is 0 Å². The van der Waals surface area contributed by atoms with Crippen LogP contribution in [0.15, 0.2) is 24.3 Å². The monoisotopic (exact) mass is 274 g/mol. The molecule has 0 fully saturated rings. The third-order valence-electron chi connectivity index (χ3n) is 2.65. The average Bonchev–Trinajstić information content (AvgIpc) is 2.27. The lowest BCUT2D eigenvalue weighted by atomic mass is 9.97. The smallest absolute Gasteiger partial charge is 0.207 e. The van der Waals surface area contributed by atoms with Crippen molar-refractivity contribution in [3.8, 4) is 0 Å². The Balaban J connectivity index is 3.01. The van der Waals surface area contributed by atoms with Crippen molar-refractivity contribution in [1.82, 2.24) is 9.03 Å². The molecule has 0 amide bonds. The van der Waals surface area contributed by atoms with Gasteiger partial charge >= 0.3 is 0 Å². The molecule has 1 aromatic carbocycles. The normalized spacial score (nSPS) is 14.2. The lowest BCUT2D eigenvalue weighted by Gasteiger charge is -2.24. The molecule has 0 aromatic heterocycles. The van der Waals surface area contributed by atoms with Crippen LogP contribution in [0.1, 0.15) is 25.5 Å². The van der Waals surface area contributed by atoms with Gasteiger partial charge in [-0.2, -0.15) is 17.4 Å². The van der Waals surface area contributed by atoms with Crippen molar-refractivity contribution < 1.29 is 12.8 Å². The van der Waals surface area contributed by atoms with E-state index in [1.165, 1.54) is 26.2 Å². The third-order valence-corrected chi connectivity index (χ3v) is 4.17. The Morgan fingerprint density at radius 3 is 2.06 bits per heavy atom. The minimum Gasteiger partial charge on any atom is -0.207 e. The Bertz CT molecular complexity index is 483. The number of rotatable bonds is 5. The van der Waals surface area contributed by atoms with E-state index in [9.17, 15) is 12.8 Å². The molecule has 0 heterocycles. The molecule has 1 atom stereocenters. The van der Waals surface area contributed by atoms with Gasteiger partial charge in [-0.05, 0) is 23.6 Å². The highest BCUT2D eigenvalue weighted by Gasteiger charge is 2.23. The first-order chi connectivity index (χ1) is 8.24. The van der Waals surface area contributed by atoms with Crippen LogP contribution < -0.4 is 4.72 Å². The van der Waals surface area contributed by atoms with Gasteiger partial charge in [-0.15, -0.1) is 0 Å². The van der Waals surface area contributed by atoms with Crippen LogP contribution in [0.25, 0.3) is 0 Å². The molecule has 102 valence electrons. The SMILES string of the molecule is CC(C)C(NS(=O)(=O)N(C)C)c1ccc(F)cc1. The predicted molar refractivity (Wildman–Crippen MR) is 69.7 cm³/mol. The number of hydrogen-bond donors (Lipinski definition) is 1. The molecule has 0 saturated heterocycles. The zero-order chi connectivity index (χ0) is 13.9. The topological polar surface area (TPSA) is 49.4 Å². The van der Waals surface area contributed by atoms with Gasteiger partial charge in [0, 0.05) is 14.1 Å². The highest BCUT2D eigenvalue weighted by Crippen LogP contribution is 2.23. The second kappa shape index (κ2) is 5.77. The van der Waals surface area contributed by atoms with E-state index in [4.69, 9.17) is 0 Å².